The number of halogens is 1. The molecule has 0 radical (unpaired) electrons. The molecule has 0 aliphatic carbocycles. The third kappa shape index (κ3) is 4.38. The number of nitrogens with zero attached hydrogens (tertiary/aromatic N) is 1. The molecule has 0 aromatic heterocycles. The standard InChI is InChI=1S/C27H23FN2O5/c1-15-14-17(8-13-21(15)28)25(32)23-24(20-6-4-5-7-22(20)35-3)30(27(34)26(23)33)19-11-9-18(10-12-19)29-16(2)31/h4-14,24,32H,1-3H3,(H,29,31)/b25-23+. The van der Waals surface area contributed by atoms with Gasteiger partial charge in [0.05, 0.1) is 18.7 Å². The van der Waals surface area contributed by atoms with Gasteiger partial charge in [0.1, 0.15) is 17.3 Å². The highest BCUT2D eigenvalue weighted by Gasteiger charge is 2.47. The summed E-state index contributed by atoms with van der Waals surface area (Å²) in [6.07, 6.45) is 0. The number of rotatable bonds is 5. The summed E-state index contributed by atoms with van der Waals surface area (Å²) in [6.45, 7) is 2.92. The molecule has 2 amide bonds. The smallest absolute Gasteiger partial charge is 0.300 e. The number of anilines is 2. The van der Waals surface area contributed by atoms with E-state index in [-0.39, 0.29) is 22.6 Å². The van der Waals surface area contributed by atoms with Crippen molar-refractivity contribution in [2.45, 2.75) is 19.9 Å². The van der Waals surface area contributed by atoms with Crippen molar-refractivity contribution in [1.82, 2.24) is 0 Å². The van der Waals surface area contributed by atoms with E-state index in [2.05, 4.69) is 5.32 Å². The minimum atomic E-state index is -1.01. The van der Waals surface area contributed by atoms with Crippen LogP contribution < -0.4 is 15.0 Å². The molecule has 8 heteroatoms. The van der Waals surface area contributed by atoms with Crippen molar-refractivity contribution < 1.29 is 28.6 Å². The van der Waals surface area contributed by atoms with Gasteiger partial charge in [0, 0.05) is 29.4 Å². The van der Waals surface area contributed by atoms with Gasteiger partial charge in [-0.25, -0.2) is 4.39 Å². The van der Waals surface area contributed by atoms with Crippen molar-refractivity contribution >= 4 is 34.7 Å². The van der Waals surface area contributed by atoms with Crippen LogP contribution >= 0.6 is 0 Å². The molecule has 7 nitrogen and oxygen atoms in total. The van der Waals surface area contributed by atoms with Crippen molar-refractivity contribution in [3.8, 4) is 5.75 Å². The zero-order valence-corrected chi connectivity index (χ0v) is 19.3. The quantitative estimate of drug-likeness (QED) is 0.317. The fourth-order valence-electron chi connectivity index (χ4n) is 4.14. The van der Waals surface area contributed by atoms with E-state index in [1.165, 1.54) is 37.1 Å². The van der Waals surface area contributed by atoms with Crippen molar-refractivity contribution in [1.29, 1.82) is 0 Å². The van der Waals surface area contributed by atoms with Crippen LogP contribution in [0.3, 0.4) is 0 Å². The fourth-order valence-corrected chi connectivity index (χ4v) is 4.14. The Labute approximate surface area is 201 Å². The van der Waals surface area contributed by atoms with Gasteiger partial charge in [-0.3, -0.25) is 19.3 Å². The summed E-state index contributed by atoms with van der Waals surface area (Å²) in [5.74, 6) is -2.43. The Morgan fingerprint density at radius 1 is 1.06 bits per heavy atom. The Kier molecular flexibility index (Phi) is 6.38. The predicted molar refractivity (Wildman–Crippen MR) is 130 cm³/mol. The molecular weight excluding hydrogens is 451 g/mol. The van der Waals surface area contributed by atoms with E-state index < -0.39 is 29.3 Å². The number of ketones is 1. The number of hydrogen-bond donors (Lipinski definition) is 2. The van der Waals surface area contributed by atoms with E-state index in [0.29, 0.717) is 22.7 Å². The summed E-state index contributed by atoms with van der Waals surface area (Å²) in [5, 5.41) is 13.8. The molecule has 1 fully saturated rings. The highest BCUT2D eigenvalue weighted by Crippen LogP contribution is 2.45. The van der Waals surface area contributed by atoms with Crippen LogP contribution in [0, 0.1) is 12.7 Å². The van der Waals surface area contributed by atoms with Crippen molar-refractivity contribution in [2.75, 3.05) is 17.3 Å². The van der Waals surface area contributed by atoms with Crippen LogP contribution in [-0.4, -0.2) is 29.8 Å². The second-order valence-electron chi connectivity index (χ2n) is 8.10. The zero-order valence-electron chi connectivity index (χ0n) is 19.3. The first-order valence-electron chi connectivity index (χ1n) is 10.8. The highest BCUT2D eigenvalue weighted by atomic mass is 19.1. The number of para-hydroxylation sites is 1. The van der Waals surface area contributed by atoms with Gasteiger partial charge in [0.25, 0.3) is 11.7 Å². The largest absolute Gasteiger partial charge is 0.507 e. The van der Waals surface area contributed by atoms with Gasteiger partial charge in [0.2, 0.25) is 5.91 Å². The van der Waals surface area contributed by atoms with Gasteiger partial charge in [-0.2, -0.15) is 0 Å². The Bertz CT molecular complexity index is 1360. The number of amides is 2. The molecule has 1 saturated heterocycles. The number of hydrogen-bond acceptors (Lipinski definition) is 5. The fraction of sp³-hybridized carbons (Fsp3) is 0.148. The van der Waals surface area contributed by atoms with E-state index in [1.54, 1.807) is 55.5 Å². The summed E-state index contributed by atoms with van der Waals surface area (Å²) in [4.78, 5) is 39.2. The number of nitrogens with one attached hydrogen (secondary N) is 1. The van der Waals surface area contributed by atoms with E-state index in [4.69, 9.17) is 4.74 Å². The lowest BCUT2D eigenvalue weighted by Gasteiger charge is -2.26. The molecule has 0 spiro atoms. The topological polar surface area (TPSA) is 95.9 Å². The normalized spacial score (nSPS) is 16.9. The van der Waals surface area contributed by atoms with Crippen LogP contribution in [-0.2, 0) is 14.4 Å². The van der Waals surface area contributed by atoms with Gasteiger partial charge >= 0.3 is 0 Å². The maximum atomic E-state index is 13.8. The number of aliphatic hydroxyl groups is 1. The molecule has 3 aromatic rings. The summed E-state index contributed by atoms with van der Waals surface area (Å²) in [5.41, 5.74) is 1.74. The lowest BCUT2D eigenvalue weighted by molar-refractivity contribution is -0.132. The summed E-state index contributed by atoms with van der Waals surface area (Å²) in [7, 11) is 1.47. The predicted octanol–water partition coefficient (Wildman–Crippen LogP) is 4.73. The zero-order chi connectivity index (χ0) is 25.3. The molecule has 4 rings (SSSR count). The third-order valence-corrected chi connectivity index (χ3v) is 5.78. The number of aliphatic hydroxyl groups excluding tert-OH is 1. The molecular formula is C27H23FN2O5. The van der Waals surface area contributed by atoms with Gasteiger partial charge in [-0.05, 0) is 61.0 Å². The monoisotopic (exact) mass is 474 g/mol. The number of benzene rings is 3. The second-order valence-corrected chi connectivity index (χ2v) is 8.10. The van der Waals surface area contributed by atoms with Crippen LogP contribution in [0.15, 0.2) is 72.3 Å². The molecule has 1 unspecified atom stereocenters. The first-order valence-corrected chi connectivity index (χ1v) is 10.8. The molecule has 0 saturated carbocycles. The maximum absolute atomic E-state index is 13.8. The molecule has 0 bridgehead atoms. The van der Waals surface area contributed by atoms with E-state index in [1.807, 2.05) is 0 Å². The summed E-state index contributed by atoms with van der Waals surface area (Å²) in [6, 6.07) is 16.3. The highest BCUT2D eigenvalue weighted by molar-refractivity contribution is 6.51. The maximum Gasteiger partial charge on any atom is 0.300 e. The second kappa shape index (κ2) is 9.42. The van der Waals surface area contributed by atoms with Crippen LogP contribution in [0.2, 0.25) is 0 Å². The molecule has 2 N–H and O–H groups in total. The Balaban J connectivity index is 1.92. The first kappa shape index (κ1) is 23.7. The number of methoxy groups -OCH3 is 1. The van der Waals surface area contributed by atoms with E-state index >= 15 is 0 Å². The molecule has 1 aliphatic rings. The first-order chi connectivity index (χ1) is 16.7. The molecule has 1 atom stereocenters. The minimum Gasteiger partial charge on any atom is -0.507 e. The molecule has 1 aliphatic heterocycles. The number of carbonyl (C=O) groups excluding carboxylic acids is 3. The number of ether oxygens (including phenoxy) is 1. The van der Waals surface area contributed by atoms with E-state index in [9.17, 15) is 23.9 Å². The lowest BCUT2D eigenvalue weighted by Crippen LogP contribution is -2.29. The molecule has 3 aromatic carbocycles. The van der Waals surface area contributed by atoms with Crippen LogP contribution in [0.25, 0.3) is 5.76 Å². The van der Waals surface area contributed by atoms with Gasteiger partial charge in [-0.1, -0.05) is 18.2 Å². The van der Waals surface area contributed by atoms with Crippen molar-refractivity contribution in [3.63, 3.8) is 0 Å². The number of Topliss-reactive ketones (excluding diaryl/α,β-unsaturated/α-hetero) is 1. The van der Waals surface area contributed by atoms with Gasteiger partial charge < -0.3 is 15.2 Å². The summed E-state index contributed by atoms with van der Waals surface area (Å²) < 4.78 is 19.3. The summed E-state index contributed by atoms with van der Waals surface area (Å²) >= 11 is 0. The Morgan fingerprint density at radius 2 is 1.74 bits per heavy atom. The minimum absolute atomic E-state index is 0.142. The molecule has 1 heterocycles. The average molecular weight is 474 g/mol. The van der Waals surface area contributed by atoms with Crippen LogP contribution in [0.4, 0.5) is 15.8 Å². The Morgan fingerprint density at radius 3 is 2.37 bits per heavy atom. The van der Waals surface area contributed by atoms with Crippen molar-refractivity contribution in [2.24, 2.45) is 0 Å². The average Bonchev–Trinajstić information content (AvgIpc) is 3.10. The number of carbonyl (C=O) groups is 3. The van der Waals surface area contributed by atoms with E-state index in [0.717, 1.165) is 0 Å². The number of aryl methyl sites for hydroxylation is 1. The molecule has 35 heavy (non-hydrogen) atoms. The van der Waals surface area contributed by atoms with Gasteiger partial charge in [0.15, 0.2) is 0 Å². The lowest BCUT2D eigenvalue weighted by atomic mass is 9.94. The SMILES string of the molecule is COc1ccccc1C1/C(=C(\O)c2ccc(F)c(C)c2)C(=O)C(=O)N1c1ccc(NC(C)=O)cc1. The van der Waals surface area contributed by atoms with Crippen molar-refractivity contribution in [3.05, 3.63) is 94.8 Å². The van der Waals surface area contributed by atoms with Gasteiger partial charge in [-0.15, -0.1) is 0 Å². The molecule has 178 valence electrons. The van der Waals surface area contributed by atoms with Crippen LogP contribution in [0.1, 0.15) is 29.7 Å². The van der Waals surface area contributed by atoms with Crippen LogP contribution in [0.5, 0.6) is 5.75 Å². The third-order valence-electron chi connectivity index (χ3n) is 5.78. The Hall–Kier alpha value is -4.46.